The molecule has 0 aromatic heterocycles. The van der Waals surface area contributed by atoms with E-state index >= 15 is 0 Å². The van der Waals surface area contributed by atoms with E-state index in [1.807, 2.05) is 0 Å². The van der Waals surface area contributed by atoms with E-state index in [0.29, 0.717) is 0 Å². The Morgan fingerprint density at radius 3 is 1.00 bits per heavy atom. The molecular weight excluding hydrogens is 417 g/mol. The van der Waals surface area contributed by atoms with Gasteiger partial charge in [0.1, 0.15) is 0 Å². The van der Waals surface area contributed by atoms with Crippen LogP contribution >= 0.6 is 0 Å². The average molecular weight is 417 g/mol. The van der Waals surface area contributed by atoms with E-state index < -0.39 is 0 Å². The van der Waals surface area contributed by atoms with Gasteiger partial charge in [0.15, 0.2) is 0 Å². The third-order valence-electron chi connectivity index (χ3n) is 0. The zero-order valence-corrected chi connectivity index (χ0v) is 8.64. The number of hydrogen-bond acceptors (Lipinski definition) is 0. The third-order valence-corrected chi connectivity index (χ3v) is 0. The van der Waals surface area contributed by atoms with Crippen LogP contribution < -0.4 is 0 Å². The maximum Gasteiger partial charge on any atom is 0 e. The summed E-state index contributed by atoms with van der Waals surface area (Å²) in [6.45, 7) is 0. The predicted molar refractivity (Wildman–Crippen MR) is 0 cm³/mol. The van der Waals surface area contributed by atoms with Crippen molar-refractivity contribution < 1.29 is 126 Å². The fraction of sp³-hybridized carbons (Fsp3) is 0. The first-order chi connectivity index (χ1) is 0. The van der Waals surface area contributed by atoms with Crippen LogP contribution in [0.3, 0.4) is 0 Å². The zero-order chi connectivity index (χ0) is 0. The van der Waals surface area contributed by atoms with Crippen molar-refractivity contribution in [2.75, 3.05) is 0 Å². The molecule has 4 heavy (non-hydrogen) atoms. The second-order valence-corrected chi connectivity index (χ2v) is 0. The molecule has 0 saturated heterocycles. The van der Waals surface area contributed by atoms with Gasteiger partial charge in [0.2, 0.25) is 0 Å². The molecule has 0 fully saturated rings. The second-order valence-electron chi connectivity index (χ2n) is 0. The van der Waals surface area contributed by atoms with Crippen LogP contribution in [0.2, 0.25) is 0 Å². The Morgan fingerprint density at radius 2 is 1.00 bits per heavy atom. The van der Waals surface area contributed by atoms with Crippen molar-refractivity contribution in [2.24, 2.45) is 0 Å². The van der Waals surface area contributed by atoms with Crippen molar-refractivity contribution >= 4 is 0 Å². The Bertz CT molecular complexity index is 8.00. The van der Waals surface area contributed by atoms with Crippen LogP contribution in [-0.2, 0) is 38.2 Å². The van der Waals surface area contributed by atoms with Gasteiger partial charge in [0, 0.05) is 126 Å². The molecule has 0 unspecified atom stereocenters. The van der Waals surface area contributed by atoms with Crippen LogP contribution in [0.4, 0.5) is 0 Å². The van der Waals surface area contributed by atoms with Gasteiger partial charge in [0.05, 0.1) is 0 Å². The molecule has 0 bridgehead atoms. The monoisotopic (exact) mass is 418 g/mol. The van der Waals surface area contributed by atoms with Crippen LogP contribution in [-0.4, -0.2) is 0 Å². The van der Waals surface area contributed by atoms with E-state index in [-0.39, 0.29) is 126 Å². The van der Waals surface area contributed by atoms with Crippen molar-refractivity contribution in [3.05, 3.63) is 0 Å². The Labute approximate surface area is 122 Å². The standard InChI is InChI=1S/Eu.Ni.Tb.Ti. The van der Waals surface area contributed by atoms with Crippen LogP contribution in [0.25, 0.3) is 0 Å². The summed E-state index contributed by atoms with van der Waals surface area (Å²) in [5.41, 5.74) is 0. The first-order valence-corrected chi connectivity index (χ1v) is 0. The summed E-state index contributed by atoms with van der Waals surface area (Å²) >= 11 is 0. The molecule has 0 aliphatic rings. The molecule has 0 N–H and O–H groups in total. The van der Waals surface area contributed by atoms with E-state index in [4.69, 9.17) is 0 Å². The van der Waals surface area contributed by atoms with Gasteiger partial charge >= 0.3 is 0 Å². The average Bonchev–Trinajstić information content (AvgIpc) is 0. The topological polar surface area (TPSA) is 0 Å². The first-order valence-electron chi connectivity index (χ1n) is 0. The summed E-state index contributed by atoms with van der Waals surface area (Å²) in [6, 6.07) is 0. The summed E-state index contributed by atoms with van der Waals surface area (Å²) in [5, 5.41) is 0. The molecule has 0 saturated carbocycles. The minimum atomic E-state index is 0. The smallest absolute Gasteiger partial charge is 0 e. The van der Waals surface area contributed by atoms with Gasteiger partial charge in [-0.05, 0) is 0 Å². The minimum Gasteiger partial charge on any atom is 0 e. The van der Waals surface area contributed by atoms with E-state index in [1.165, 1.54) is 0 Å². The molecule has 0 heterocycles. The van der Waals surface area contributed by atoms with E-state index in [1.54, 1.807) is 0 Å². The molecule has 0 spiro atoms. The predicted octanol–water partition coefficient (Wildman–Crippen LogP) is -0.00500. The Hall–Kier alpha value is 4.08. The quantitative estimate of drug-likeness (QED) is 0.487. The Kier molecular flexibility index (Phi) is 95.7. The SMILES string of the molecule is [Eu].[Ni].[Tb].[Ti]. The fourth-order valence-corrected chi connectivity index (χ4v) is 0. The normalized spacial score (nSPS) is 0. The summed E-state index contributed by atoms with van der Waals surface area (Å²) in [4.78, 5) is 0. The van der Waals surface area contributed by atoms with Crippen LogP contribution in [0.15, 0.2) is 0 Å². The molecule has 0 aliphatic carbocycles. The van der Waals surface area contributed by atoms with Gasteiger partial charge in [0.25, 0.3) is 0 Å². The van der Waals surface area contributed by atoms with Crippen molar-refractivity contribution in [3.63, 3.8) is 0 Å². The summed E-state index contributed by atoms with van der Waals surface area (Å²) in [6.07, 6.45) is 0. The molecule has 0 amide bonds. The Balaban J connectivity index is 0. The summed E-state index contributed by atoms with van der Waals surface area (Å²) < 4.78 is 0. The summed E-state index contributed by atoms with van der Waals surface area (Å²) in [5.74, 6) is 0. The van der Waals surface area contributed by atoms with Gasteiger partial charge in [-0.1, -0.05) is 0 Å². The zero-order valence-electron chi connectivity index (χ0n) is 1.53. The number of hydrogen-bond donors (Lipinski definition) is 0. The maximum atomic E-state index is 0. The van der Waals surface area contributed by atoms with Gasteiger partial charge in [-0.25, -0.2) is 0 Å². The first kappa shape index (κ1) is 24.3. The van der Waals surface area contributed by atoms with Gasteiger partial charge in [-0.2, -0.15) is 0 Å². The van der Waals surface area contributed by atoms with E-state index in [2.05, 4.69) is 0 Å². The Morgan fingerprint density at radius 1 is 1.00 bits per heavy atom. The molecule has 0 aromatic carbocycles. The molecule has 0 aromatic rings. The molecular formula is EuNiTbTi. The molecule has 0 nitrogen and oxygen atoms in total. The van der Waals surface area contributed by atoms with Gasteiger partial charge in [-0.3, -0.25) is 0 Å². The second kappa shape index (κ2) is 15.7. The molecule has 0 aliphatic heterocycles. The molecule has 0 atom stereocenters. The fourth-order valence-electron chi connectivity index (χ4n) is 0. The van der Waals surface area contributed by atoms with Gasteiger partial charge in [-0.15, -0.1) is 0 Å². The van der Waals surface area contributed by atoms with Crippen LogP contribution in [0, 0.1) is 88.0 Å². The third kappa shape index (κ3) is 9.42. The maximum absolute atomic E-state index is 0. The van der Waals surface area contributed by atoms with E-state index in [9.17, 15) is 0 Å². The number of rotatable bonds is 0. The molecule has 2 radical (unpaired) electrons. The minimum absolute atomic E-state index is 0. The molecule has 4 heteroatoms. The van der Waals surface area contributed by atoms with Crippen molar-refractivity contribution in [1.29, 1.82) is 0 Å². The van der Waals surface area contributed by atoms with E-state index in [0.717, 1.165) is 0 Å². The van der Waals surface area contributed by atoms with Crippen LogP contribution in [0.1, 0.15) is 0 Å². The summed E-state index contributed by atoms with van der Waals surface area (Å²) in [7, 11) is 0. The van der Waals surface area contributed by atoms with Crippen molar-refractivity contribution in [2.45, 2.75) is 0 Å². The van der Waals surface area contributed by atoms with Crippen molar-refractivity contribution in [1.82, 2.24) is 0 Å². The molecule has 30 valence electrons. The van der Waals surface area contributed by atoms with Gasteiger partial charge < -0.3 is 0 Å². The largest absolute Gasteiger partial charge is 0 e. The van der Waals surface area contributed by atoms with Crippen LogP contribution in [0.5, 0.6) is 0 Å². The molecule has 0 rings (SSSR count). The van der Waals surface area contributed by atoms with Crippen molar-refractivity contribution in [3.8, 4) is 0 Å².